The topological polar surface area (TPSA) is 431 Å². The summed E-state index contributed by atoms with van der Waals surface area (Å²) in [6, 6.07) is 17.5. The molecule has 0 aromatic heterocycles. The Kier molecular flexibility index (Phi) is 40.5. The van der Waals surface area contributed by atoms with Gasteiger partial charge in [0.2, 0.25) is 29.5 Å². The van der Waals surface area contributed by atoms with Crippen molar-refractivity contribution in [1.29, 1.82) is 0 Å². The maximum atomic E-state index is 13.8. The van der Waals surface area contributed by atoms with Crippen LogP contribution in [0.2, 0.25) is 0 Å². The van der Waals surface area contributed by atoms with Gasteiger partial charge in [-0.3, -0.25) is 57.6 Å². The minimum Gasteiger partial charge on any atom is -0.755 e. The fourth-order valence-corrected chi connectivity index (χ4v) is 9.90. The summed E-state index contributed by atoms with van der Waals surface area (Å²) in [6.07, 6.45) is 3.49. The largest absolute Gasteiger partial charge is 0.755 e. The van der Waals surface area contributed by atoms with Crippen molar-refractivity contribution in [3.8, 4) is 0 Å². The van der Waals surface area contributed by atoms with E-state index in [9.17, 15) is 69.2 Å². The molecule has 0 fully saturated rings. The third-order valence-electron chi connectivity index (χ3n) is 13.4. The van der Waals surface area contributed by atoms with Crippen LogP contribution in [0.3, 0.4) is 0 Å². The number of rotatable bonds is 49. The van der Waals surface area contributed by atoms with Crippen molar-refractivity contribution >= 4 is 105 Å². The maximum Gasteiger partial charge on any atom is 0.251 e. The van der Waals surface area contributed by atoms with Crippen molar-refractivity contribution < 1.29 is 87.9 Å². The van der Waals surface area contributed by atoms with Crippen LogP contribution in [0.25, 0.3) is 0 Å². The fourth-order valence-electron chi connectivity index (χ4n) is 8.10. The number of Topliss-reactive ketones (excluding diaryl/α,β-unsaturated/α-hetero) is 1. The maximum absolute atomic E-state index is 13.8. The minimum absolute atomic E-state index is 0. The number of ether oxygens (including phenoxy) is 3. The standard InChI is InChI=1S/C59H90N10O19PS3.CH4/c1-58(2,3)89(4,78)88-37-9-5-7-31-60-51(71)14-10-15-55(75)66-59(41-85-38-28-52(72)61-32-8-6-13-50(70)44-16-22-47(23-17-44)67-90(79)80,42-86-39-29-53(73)62-33-11-35-64-56(76)45-18-24-48(25-19-45)68-91(81)82)43-87-40-30-54(74)63-34-12-36-65-57(77)46-20-26-49(27-21-46)69-92(83)84;/h16-27,67-69H,4-15,28-43H2,1-3H3,(H,60,71)(H,61,72)(H,62,73)(H,63,74)(H,64,76)(H,65,77)(H,66,75)(H,79,80)(H,81,82)(H,83,84);1H4/q-1;/p-3. The van der Waals surface area contributed by atoms with Gasteiger partial charge in [-0.05, 0) is 124 Å². The SMILES string of the molecule is C.[CH2-]P(=O)(OCCCCCNC(=O)CCCC(=O)NC(COCCC(=O)NCCCCC(=O)c1ccc(NS(=O)[O-])cc1)(COCCC(=O)NCCCNC(=O)c1ccc(NS(=O)[O-])cc1)COCCC(=O)NCCCNC(=O)c1ccc(NS(=O)[O-])cc1)C(C)(C)C. The first kappa shape index (κ1) is 82.5. The van der Waals surface area contributed by atoms with Crippen LogP contribution >= 0.6 is 7.37 Å². The Morgan fingerprint density at radius 3 is 1.16 bits per heavy atom. The Hall–Kier alpha value is -6.58. The van der Waals surface area contributed by atoms with E-state index in [-0.39, 0.29) is 172 Å². The van der Waals surface area contributed by atoms with Gasteiger partial charge >= 0.3 is 0 Å². The molecule has 0 saturated heterocycles. The average Bonchev–Trinajstić information content (AvgIpc) is 1.18. The molecule has 0 spiro atoms. The Morgan fingerprint density at radius 2 is 0.774 bits per heavy atom. The van der Waals surface area contributed by atoms with E-state index < -0.39 is 69.6 Å². The number of hydrogen-bond acceptors (Lipinski definition) is 19. The number of carbonyl (C=O) groups is 8. The molecule has 3 aromatic rings. The molecule has 0 aliphatic heterocycles. The predicted octanol–water partition coefficient (Wildman–Crippen LogP) is 4.70. The molecule has 0 saturated carbocycles. The van der Waals surface area contributed by atoms with Crippen LogP contribution in [0.4, 0.5) is 17.1 Å². The molecule has 4 unspecified atom stereocenters. The summed E-state index contributed by atoms with van der Waals surface area (Å²) < 4.78 is 108. The van der Waals surface area contributed by atoms with Gasteiger partial charge in [-0.2, -0.15) is 0 Å². The Bertz CT molecular complexity index is 2680. The summed E-state index contributed by atoms with van der Waals surface area (Å²) in [7, 11) is -3.04. The lowest BCUT2D eigenvalue weighted by Gasteiger charge is -2.34. The van der Waals surface area contributed by atoms with Gasteiger partial charge in [0.25, 0.3) is 11.8 Å². The van der Waals surface area contributed by atoms with E-state index in [4.69, 9.17) is 18.7 Å². The Balaban J connectivity index is 0.0000295. The first-order valence-corrected chi connectivity index (χ1v) is 35.0. The summed E-state index contributed by atoms with van der Waals surface area (Å²) in [4.78, 5) is 103. The van der Waals surface area contributed by atoms with Gasteiger partial charge in [0.15, 0.2) is 5.78 Å². The molecule has 0 bridgehead atoms. The van der Waals surface area contributed by atoms with E-state index >= 15 is 0 Å². The van der Waals surface area contributed by atoms with Crippen molar-refractivity contribution in [3.05, 3.63) is 96.2 Å². The van der Waals surface area contributed by atoms with E-state index in [2.05, 4.69) is 58.0 Å². The van der Waals surface area contributed by atoms with Gasteiger partial charge in [-0.15, -0.1) is 0 Å². The molecule has 93 heavy (non-hydrogen) atoms. The lowest BCUT2D eigenvalue weighted by atomic mass is 10.0. The number of amides is 7. The van der Waals surface area contributed by atoms with Crippen molar-refractivity contribution in [2.45, 2.75) is 129 Å². The van der Waals surface area contributed by atoms with E-state index in [0.29, 0.717) is 73.9 Å². The molecule has 33 heteroatoms. The Morgan fingerprint density at radius 1 is 0.430 bits per heavy atom. The number of nitrogens with one attached hydrogen (secondary N) is 10. The Labute approximate surface area is 552 Å². The number of ketones is 1. The average molecular weight is 1380 g/mol. The minimum atomic E-state index is -3.04. The molecule has 522 valence electrons. The van der Waals surface area contributed by atoms with Gasteiger partial charge in [0.05, 0.1) is 53.6 Å². The smallest absolute Gasteiger partial charge is 0.251 e. The van der Waals surface area contributed by atoms with E-state index in [1.165, 1.54) is 72.8 Å². The highest BCUT2D eigenvalue weighted by atomic mass is 32.2. The first-order chi connectivity index (χ1) is 43.8. The molecule has 0 aliphatic carbocycles. The molecule has 0 radical (unpaired) electrons. The lowest BCUT2D eigenvalue weighted by molar-refractivity contribution is -0.131. The zero-order valence-corrected chi connectivity index (χ0v) is 55.5. The monoisotopic (exact) mass is 1380 g/mol. The number of benzene rings is 3. The highest BCUT2D eigenvalue weighted by molar-refractivity contribution is 7.81. The van der Waals surface area contributed by atoms with Crippen LogP contribution in [0.5, 0.6) is 0 Å². The van der Waals surface area contributed by atoms with Crippen LogP contribution in [0, 0.1) is 6.66 Å². The second-order valence-corrected chi connectivity index (χ2v) is 27.0. The van der Waals surface area contributed by atoms with E-state index in [1.807, 2.05) is 0 Å². The second kappa shape index (κ2) is 45.7. The zero-order valence-electron chi connectivity index (χ0n) is 52.2. The first-order valence-electron chi connectivity index (χ1n) is 29.9. The molecule has 7 amide bonds. The molecule has 10 N–H and O–H groups in total. The molecule has 0 heterocycles. The van der Waals surface area contributed by atoms with Gasteiger partial charge < -0.3 is 88.3 Å². The molecular weight excluding hydrogens is 1290 g/mol. The van der Waals surface area contributed by atoms with Gasteiger partial charge in [-0.1, -0.05) is 28.2 Å². The molecular formula is C60H91N10O19PS3-4. The van der Waals surface area contributed by atoms with Gasteiger partial charge in [0.1, 0.15) is 5.54 Å². The number of unbranched alkanes of at least 4 members (excludes halogenated alkanes) is 3. The van der Waals surface area contributed by atoms with Crippen LogP contribution < -0.4 is 51.4 Å². The molecule has 3 aromatic carbocycles. The van der Waals surface area contributed by atoms with Crippen LogP contribution in [0.1, 0.15) is 149 Å². The summed E-state index contributed by atoms with van der Waals surface area (Å²) in [5.74, 6) is -2.90. The van der Waals surface area contributed by atoms with Crippen LogP contribution in [-0.2, 0) is 81.1 Å². The van der Waals surface area contributed by atoms with E-state index in [1.54, 1.807) is 20.8 Å². The van der Waals surface area contributed by atoms with Crippen molar-refractivity contribution in [2.75, 3.05) is 99.7 Å². The summed E-state index contributed by atoms with van der Waals surface area (Å²) in [5, 5.41) is 18.9. The highest BCUT2D eigenvalue weighted by Gasteiger charge is 2.34. The second-order valence-electron chi connectivity index (χ2n) is 22.1. The zero-order chi connectivity index (χ0) is 67.8. The van der Waals surface area contributed by atoms with Crippen LogP contribution in [0.15, 0.2) is 72.8 Å². The van der Waals surface area contributed by atoms with Crippen LogP contribution in [-0.4, -0.2) is 170 Å². The normalized spacial score (nSPS) is 13.4. The third-order valence-corrected chi connectivity index (χ3v) is 17.3. The highest BCUT2D eigenvalue weighted by Crippen LogP contribution is 2.57. The molecule has 0 aliphatic rings. The molecule has 3 rings (SSSR count). The van der Waals surface area contributed by atoms with Crippen molar-refractivity contribution in [2.24, 2.45) is 0 Å². The van der Waals surface area contributed by atoms with Gasteiger partial charge in [0, 0.05) is 151 Å². The fraction of sp³-hybridized carbons (Fsp3) is 0.550. The molecule has 29 nitrogen and oxygen atoms in total. The summed E-state index contributed by atoms with van der Waals surface area (Å²) >= 11 is -7.55. The predicted molar refractivity (Wildman–Crippen MR) is 351 cm³/mol. The van der Waals surface area contributed by atoms with Crippen molar-refractivity contribution in [1.82, 2.24) is 37.2 Å². The molecule has 4 atom stereocenters. The number of hydrogen-bond donors (Lipinski definition) is 10. The van der Waals surface area contributed by atoms with Gasteiger partial charge in [-0.25, -0.2) is 0 Å². The summed E-state index contributed by atoms with van der Waals surface area (Å²) in [5.41, 5.74) is 0.391. The lowest BCUT2D eigenvalue weighted by Crippen LogP contribution is -2.58. The quantitative estimate of drug-likeness (QED) is 0.0120. The third kappa shape index (κ3) is 37.2. The number of anilines is 3. The van der Waals surface area contributed by atoms with Crippen molar-refractivity contribution in [3.63, 3.8) is 0 Å². The van der Waals surface area contributed by atoms with E-state index in [0.717, 1.165) is 0 Å². The summed E-state index contributed by atoms with van der Waals surface area (Å²) in [6.45, 7) is 9.58. The number of carbonyl (C=O) groups excluding carboxylic acids is 8.